The highest BCUT2D eigenvalue weighted by molar-refractivity contribution is 5.75. The topological polar surface area (TPSA) is 141 Å². The maximum atomic E-state index is 11.8. The largest absolute Gasteiger partial charge is 0.447 e. The summed E-state index contributed by atoms with van der Waals surface area (Å²) in [5, 5.41) is 7.71. The van der Waals surface area contributed by atoms with Gasteiger partial charge in [-0.2, -0.15) is 0 Å². The molecule has 11 nitrogen and oxygen atoms in total. The molecule has 0 aliphatic heterocycles. The quantitative estimate of drug-likeness (QED) is 0.212. The summed E-state index contributed by atoms with van der Waals surface area (Å²) in [6.45, 7) is 5.71. The predicted octanol–water partition coefficient (Wildman–Crippen LogP) is 0.756. The van der Waals surface area contributed by atoms with E-state index in [0.29, 0.717) is 52.1 Å². The third-order valence-electron chi connectivity index (χ3n) is 3.52. The summed E-state index contributed by atoms with van der Waals surface area (Å²) in [4.78, 5) is 44.8. The van der Waals surface area contributed by atoms with E-state index >= 15 is 0 Å². The highest BCUT2D eigenvalue weighted by atomic mass is 16.6. The van der Waals surface area contributed by atoms with Crippen molar-refractivity contribution in [2.45, 2.75) is 45.6 Å². The summed E-state index contributed by atoms with van der Waals surface area (Å²) in [7, 11) is 0. The second kappa shape index (κ2) is 19.9. The lowest BCUT2D eigenvalue weighted by Gasteiger charge is -2.18. The van der Waals surface area contributed by atoms with Gasteiger partial charge in [0.05, 0.1) is 6.61 Å². The Hall–Kier alpha value is -2.40. The molecule has 3 amide bonds. The molecule has 0 rings (SSSR count). The molecule has 174 valence electrons. The van der Waals surface area contributed by atoms with Crippen LogP contribution in [0.5, 0.6) is 0 Å². The minimum atomic E-state index is -0.641. The second-order valence-corrected chi connectivity index (χ2v) is 6.13. The molecule has 0 heterocycles. The second-order valence-electron chi connectivity index (χ2n) is 6.13. The molecule has 30 heavy (non-hydrogen) atoms. The average molecular weight is 434 g/mol. The Balaban J connectivity index is 4.02. The lowest BCUT2D eigenvalue weighted by molar-refractivity contribution is -0.121. The fourth-order valence-electron chi connectivity index (χ4n) is 2.08. The van der Waals surface area contributed by atoms with E-state index in [2.05, 4.69) is 16.0 Å². The first-order valence-corrected chi connectivity index (χ1v) is 10.2. The average Bonchev–Trinajstić information content (AvgIpc) is 2.72. The van der Waals surface area contributed by atoms with E-state index in [1.54, 1.807) is 13.8 Å². The van der Waals surface area contributed by atoms with Gasteiger partial charge >= 0.3 is 12.2 Å². The van der Waals surface area contributed by atoms with Crippen molar-refractivity contribution in [2.24, 2.45) is 0 Å². The van der Waals surface area contributed by atoms with Crippen molar-refractivity contribution in [3.05, 3.63) is 0 Å². The standard InChI is InChI=1S/C19H35N3O8/c1-3-20-18(25)29-14-16(15-30-19(26)21-4-2)28-12-7-8-17(24)22-9-13-27-11-6-5-10-23/h10,16H,3-9,11-15H2,1-2H3,(H,20,25)(H,21,26)(H,22,24). The molecule has 0 aromatic carbocycles. The van der Waals surface area contributed by atoms with Gasteiger partial charge in [0.1, 0.15) is 25.6 Å². The first-order valence-electron chi connectivity index (χ1n) is 10.2. The first-order chi connectivity index (χ1) is 14.5. The number of rotatable bonds is 18. The van der Waals surface area contributed by atoms with Crippen LogP contribution in [0.2, 0.25) is 0 Å². The number of carbonyl (C=O) groups excluding carboxylic acids is 4. The molecule has 0 radical (unpaired) electrons. The first kappa shape index (κ1) is 27.6. The molecule has 11 heteroatoms. The van der Waals surface area contributed by atoms with Gasteiger partial charge < -0.3 is 39.7 Å². The molecule has 0 aromatic rings. The van der Waals surface area contributed by atoms with E-state index in [9.17, 15) is 19.2 Å². The van der Waals surface area contributed by atoms with Crippen molar-refractivity contribution < 1.29 is 38.1 Å². The van der Waals surface area contributed by atoms with Gasteiger partial charge in [0.2, 0.25) is 5.91 Å². The van der Waals surface area contributed by atoms with Gasteiger partial charge in [0, 0.05) is 45.7 Å². The summed E-state index contributed by atoms with van der Waals surface area (Å²) in [5.41, 5.74) is 0. The van der Waals surface area contributed by atoms with Crippen LogP contribution in [0.1, 0.15) is 39.5 Å². The molecule has 0 saturated carbocycles. The minimum Gasteiger partial charge on any atom is -0.447 e. The lowest BCUT2D eigenvalue weighted by Crippen LogP contribution is -2.34. The van der Waals surface area contributed by atoms with Crippen molar-refractivity contribution in [3.63, 3.8) is 0 Å². The van der Waals surface area contributed by atoms with Gasteiger partial charge in [-0.3, -0.25) is 4.79 Å². The Morgan fingerprint density at radius 1 is 0.867 bits per heavy atom. The molecular formula is C19H35N3O8. The third kappa shape index (κ3) is 17.7. The molecule has 0 fully saturated rings. The molecule has 3 N–H and O–H groups in total. The maximum absolute atomic E-state index is 11.8. The van der Waals surface area contributed by atoms with Gasteiger partial charge in [-0.1, -0.05) is 0 Å². The number of unbranched alkanes of at least 4 members (excludes halogenated alkanes) is 1. The van der Waals surface area contributed by atoms with E-state index in [4.69, 9.17) is 18.9 Å². The molecular weight excluding hydrogens is 398 g/mol. The zero-order valence-electron chi connectivity index (χ0n) is 17.9. The summed E-state index contributed by atoms with van der Waals surface area (Å²) in [5.74, 6) is -0.135. The van der Waals surface area contributed by atoms with Gasteiger partial charge in [0.25, 0.3) is 0 Å². The van der Waals surface area contributed by atoms with Crippen molar-refractivity contribution in [1.82, 2.24) is 16.0 Å². The van der Waals surface area contributed by atoms with E-state index in [1.807, 2.05) is 0 Å². The third-order valence-corrected chi connectivity index (χ3v) is 3.52. The normalized spacial score (nSPS) is 10.4. The molecule has 0 unspecified atom stereocenters. The molecule has 0 aliphatic rings. The van der Waals surface area contributed by atoms with Crippen LogP contribution in [-0.2, 0) is 28.5 Å². The number of hydrogen-bond donors (Lipinski definition) is 3. The highest BCUT2D eigenvalue weighted by Crippen LogP contribution is 2.00. The number of alkyl carbamates (subject to hydrolysis) is 2. The molecule has 0 bridgehead atoms. The Morgan fingerprint density at radius 2 is 1.50 bits per heavy atom. The van der Waals surface area contributed by atoms with Crippen LogP contribution < -0.4 is 16.0 Å². The van der Waals surface area contributed by atoms with Crippen LogP contribution in [-0.4, -0.2) is 83.2 Å². The Labute approximate surface area is 177 Å². The van der Waals surface area contributed by atoms with E-state index < -0.39 is 18.3 Å². The fourth-order valence-corrected chi connectivity index (χ4v) is 2.08. The number of hydrogen-bond acceptors (Lipinski definition) is 8. The maximum Gasteiger partial charge on any atom is 0.407 e. The number of nitrogens with one attached hydrogen (secondary N) is 3. The molecule has 0 atom stereocenters. The molecule has 0 spiro atoms. The number of aldehydes is 1. The van der Waals surface area contributed by atoms with Crippen LogP contribution in [0.15, 0.2) is 0 Å². The lowest BCUT2D eigenvalue weighted by atomic mass is 10.3. The van der Waals surface area contributed by atoms with E-state index in [1.165, 1.54) is 0 Å². The summed E-state index contributed by atoms with van der Waals surface area (Å²) in [6.07, 6.45) is 0.874. The smallest absolute Gasteiger partial charge is 0.407 e. The Kier molecular flexibility index (Phi) is 18.3. The zero-order valence-corrected chi connectivity index (χ0v) is 17.9. The Morgan fingerprint density at radius 3 is 2.07 bits per heavy atom. The van der Waals surface area contributed by atoms with Crippen molar-refractivity contribution in [1.29, 1.82) is 0 Å². The van der Waals surface area contributed by atoms with Crippen LogP contribution in [0.4, 0.5) is 9.59 Å². The number of ether oxygens (including phenoxy) is 4. The van der Waals surface area contributed by atoms with E-state index in [0.717, 1.165) is 6.29 Å². The summed E-state index contributed by atoms with van der Waals surface area (Å²) < 4.78 is 20.9. The minimum absolute atomic E-state index is 0.0844. The van der Waals surface area contributed by atoms with Crippen LogP contribution in [0.25, 0.3) is 0 Å². The van der Waals surface area contributed by atoms with Crippen molar-refractivity contribution in [2.75, 3.05) is 52.7 Å². The van der Waals surface area contributed by atoms with Gasteiger partial charge in [-0.05, 0) is 26.7 Å². The van der Waals surface area contributed by atoms with Crippen LogP contribution >= 0.6 is 0 Å². The van der Waals surface area contributed by atoms with Crippen LogP contribution in [0, 0.1) is 0 Å². The summed E-state index contributed by atoms with van der Waals surface area (Å²) >= 11 is 0. The zero-order chi connectivity index (χ0) is 22.5. The summed E-state index contributed by atoms with van der Waals surface area (Å²) in [6, 6.07) is 0. The van der Waals surface area contributed by atoms with Crippen LogP contribution in [0.3, 0.4) is 0 Å². The van der Waals surface area contributed by atoms with E-state index in [-0.39, 0.29) is 32.1 Å². The van der Waals surface area contributed by atoms with Gasteiger partial charge in [-0.15, -0.1) is 0 Å². The van der Waals surface area contributed by atoms with Gasteiger partial charge in [-0.25, -0.2) is 9.59 Å². The number of carbonyl (C=O) groups is 4. The SMILES string of the molecule is CCNC(=O)OCC(COC(=O)NCC)OCCCC(=O)NCCOCCCC=O. The molecule has 0 aromatic heterocycles. The fraction of sp³-hybridized carbons (Fsp3) is 0.789. The highest BCUT2D eigenvalue weighted by Gasteiger charge is 2.15. The molecule has 0 saturated heterocycles. The Bertz CT molecular complexity index is 468. The van der Waals surface area contributed by atoms with Gasteiger partial charge in [0.15, 0.2) is 0 Å². The van der Waals surface area contributed by atoms with Crippen molar-refractivity contribution >= 4 is 24.4 Å². The molecule has 0 aliphatic carbocycles. The monoisotopic (exact) mass is 433 g/mol. The number of amides is 3. The predicted molar refractivity (Wildman–Crippen MR) is 108 cm³/mol. The van der Waals surface area contributed by atoms with Crippen molar-refractivity contribution in [3.8, 4) is 0 Å².